The third kappa shape index (κ3) is 9.42. The third-order valence-electron chi connectivity index (χ3n) is 22.3. The summed E-state index contributed by atoms with van der Waals surface area (Å²) in [7, 11) is 0. The number of para-hydroxylation sites is 1. The number of hydrogen-bond donors (Lipinski definition) is 0. The molecule has 0 bridgehead atoms. The molecule has 6 heterocycles. The summed E-state index contributed by atoms with van der Waals surface area (Å²) in [6, 6.07) is 126. The predicted octanol–water partition coefficient (Wildman–Crippen LogP) is 25.0. The Balaban J connectivity index is 0.670. The number of nitrogens with zero attached hydrogens (tertiary/aromatic N) is 5. The molecule has 0 fully saturated rings. The van der Waals surface area contributed by atoms with E-state index in [4.69, 9.17) is 34.4 Å². The molecule has 0 saturated carbocycles. The zero-order chi connectivity index (χ0) is 70.3. The van der Waals surface area contributed by atoms with Gasteiger partial charge in [0.15, 0.2) is 11.6 Å². The Labute approximate surface area is 621 Å². The van der Waals surface area contributed by atoms with Crippen molar-refractivity contribution in [3.63, 3.8) is 0 Å². The Morgan fingerprint density at radius 2 is 0.589 bits per heavy atom. The highest BCUT2D eigenvalue weighted by atomic mass is 32.1. The van der Waals surface area contributed by atoms with Crippen LogP contribution in [0.4, 0.5) is 0 Å². The van der Waals surface area contributed by atoms with E-state index in [1.54, 1.807) is 6.20 Å². The topological polar surface area (TPSA) is 82.9 Å². The zero-order valence-electron chi connectivity index (χ0n) is 57.5. The van der Waals surface area contributed by atoms with Crippen LogP contribution in [0.1, 0.15) is 44.5 Å². The number of benzene rings is 14. The molecule has 18 aromatic rings. The van der Waals surface area contributed by atoms with Crippen molar-refractivity contribution in [1.82, 2.24) is 24.9 Å². The van der Waals surface area contributed by atoms with Crippen LogP contribution in [0.3, 0.4) is 0 Å². The summed E-state index contributed by atoms with van der Waals surface area (Å²) in [5.41, 5.74) is 27.9. The van der Waals surface area contributed by atoms with Gasteiger partial charge in [-0.2, -0.15) is 0 Å². The number of fused-ring (bicyclic) bond motifs is 21. The Morgan fingerprint density at radius 3 is 1.13 bits per heavy atom. The summed E-state index contributed by atoms with van der Waals surface area (Å²) >= 11 is 1.81. The molecule has 8 heteroatoms. The van der Waals surface area contributed by atoms with Gasteiger partial charge < -0.3 is 9.47 Å². The lowest BCUT2D eigenvalue weighted by atomic mass is 9.65. The average molecular weight is 1380 g/mol. The van der Waals surface area contributed by atoms with E-state index in [2.05, 4.69) is 309 Å². The highest BCUT2D eigenvalue weighted by molar-refractivity contribution is 7.25. The first-order valence-electron chi connectivity index (χ1n) is 36.2. The van der Waals surface area contributed by atoms with Gasteiger partial charge in [-0.05, 0) is 175 Å². The lowest BCUT2D eigenvalue weighted by Crippen LogP contribution is -2.32. The standard InChI is InChI=1S/C99H59N5O2S/c1-2-21-60(22-3-1)86-59-89(85-39-16-17-50-100-85)104-97(101-86)70-28-20-25-63(53-70)66-45-49-93-84(56-66)99(79-36-11-6-31-73(79)74-32-7-12-37-80(74)99)83-55-64(43-48-92(83)106-93)61-23-18-26-67(51-61)87-58-88(68-42-46-76-75-33-8-15-41-94(75)107-95(76)57-68)103-96(102-87)69-27-19-24-62(52-69)65-44-47-91-82(54-65)98(81-38-13-14-40-90(81)105-91)77-34-9-4-29-71(77)72-30-5-10-35-78(72)98/h1-59H. The molecule has 2 spiro atoms. The molecule has 0 N–H and O–H groups in total. The monoisotopic (exact) mass is 1380 g/mol. The molecule has 0 atom stereocenters. The molecule has 2 aliphatic heterocycles. The lowest BCUT2D eigenvalue weighted by Gasteiger charge is -2.40. The highest BCUT2D eigenvalue weighted by Crippen LogP contribution is 2.65. The molecule has 498 valence electrons. The molecule has 0 amide bonds. The summed E-state index contributed by atoms with van der Waals surface area (Å²) < 4.78 is 16.5. The average Bonchev–Trinajstić information content (AvgIpc) is 1.65. The van der Waals surface area contributed by atoms with E-state index in [1.807, 2.05) is 53.8 Å². The molecule has 14 aromatic carbocycles. The van der Waals surface area contributed by atoms with Crippen LogP contribution in [-0.2, 0) is 10.8 Å². The number of ether oxygens (including phenoxy) is 2. The fourth-order valence-electron chi connectivity index (χ4n) is 17.6. The molecule has 2 aliphatic carbocycles. The van der Waals surface area contributed by atoms with Gasteiger partial charge in [0.05, 0.1) is 39.3 Å². The summed E-state index contributed by atoms with van der Waals surface area (Å²) in [5.74, 6) is 4.58. The first-order chi connectivity index (χ1) is 53.0. The van der Waals surface area contributed by atoms with Crippen LogP contribution in [0.5, 0.6) is 23.0 Å². The van der Waals surface area contributed by atoms with Gasteiger partial charge >= 0.3 is 0 Å². The van der Waals surface area contributed by atoms with Crippen LogP contribution in [0.15, 0.2) is 358 Å². The maximum atomic E-state index is 7.20. The Morgan fingerprint density at radius 1 is 0.215 bits per heavy atom. The van der Waals surface area contributed by atoms with Gasteiger partial charge in [-0.1, -0.05) is 255 Å². The van der Waals surface area contributed by atoms with Gasteiger partial charge in [0.1, 0.15) is 23.0 Å². The molecule has 4 aromatic heterocycles. The number of rotatable bonds is 9. The number of pyridine rings is 1. The van der Waals surface area contributed by atoms with Crippen molar-refractivity contribution >= 4 is 31.5 Å². The second-order valence-electron chi connectivity index (χ2n) is 28.1. The molecule has 7 nitrogen and oxygen atoms in total. The minimum Gasteiger partial charge on any atom is -0.457 e. The van der Waals surface area contributed by atoms with E-state index < -0.39 is 10.8 Å². The van der Waals surface area contributed by atoms with Crippen molar-refractivity contribution in [3.8, 4) is 147 Å². The SMILES string of the molecule is c1ccc(-c2cc(-c3ccccn3)nc(-c3cccc(-c4ccc5c(c4)C4(c6cc(-c7cccc(-c8cc(-c9ccc%10c(c9)sc9ccccc9%10)nc(-c9cccc(-c%10ccc%11c(c%10)C%10(c%12ccccc%12O%11)c%11ccccc%11-c%11ccccc%11%10)c9)n8)c7)ccc6O5)c5ccccc5-c5ccccc54)c3)n2)cc1. The van der Waals surface area contributed by atoms with E-state index in [-0.39, 0.29) is 0 Å². The lowest BCUT2D eigenvalue weighted by molar-refractivity contribution is 0.436. The van der Waals surface area contributed by atoms with Gasteiger partial charge in [-0.25, -0.2) is 19.9 Å². The minimum absolute atomic E-state index is 0.602. The predicted molar refractivity (Wildman–Crippen MR) is 432 cm³/mol. The van der Waals surface area contributed by atoms with E-state index in [9.17, 15) is 0 Å². The summed E-state index contributed by atoms with van der Waals surface area (Å²) in [4.78, 5) is 26.3. The second kappa shape index (κ2) is 23.9. The first-order valence-corrected chi connectivity index (χ1v) is 37.0. The molecular formula is C99H59N5O2S. The Hall–Kier alpha value is -13.8. The van der Waals surface area contributed by atoms with E-state index >= 15 is 0 Å². The van der Waals surface area contributed by atoms with Crippen LogP contribution < -0.4 is 9.47 Å². The van der Waals surface area contributed by atoms with Crippen LogP contribution in [0.25, 0.3) is 144 Å². The van der Waals surface area contributed by atoms with E-state index in [0.29, 0.717) is 11.6 Å². The van der Waals surface area contributed by atoms with Gasteiger partial charge in [0, 0.05) is 76.4 Å². The van der Waals surface area contributed by atoms with Gasteiger partial charge in [0.2, 0.25) is 0 Å². The Bertz CT molecular complexity index is 6590. The summed E-state index contributed by atoms with van der Waals surface area (Å²) in [6.07, 6.45) is 1.81. The van der Waals surface area contributed by atoms with Crippen LogP contribution in [-0.4, -0.2) is 24.9 Å². The molecule has 0 unspecified atom stereocenters. The van der Waals surface area contributed by atoms with Crippen molar-refractivity contribution < 1.29 is 9.47 Å². The van der Waals surface area contributed by atoms with Crippen molar-refractivity contribution in [1.29, 1.82) is 0 Å². The molecule has 22 rings (SSSR count). The molecule has 0 saturated heterocycles. The fraction of sp³-hybridized carbons (Fsp3) is 0.0202. The largest absolute Gasteiger partial charge is 0.457 e. The van der Waals surface area contributed by atoms with Crippen molar-refractivity contribution in [3.05, 3.63) is 403 Å². The summed E-state index contributed by atoms with van der Waals surface area (Å²) in [6.45, 7) is 0. The van der Waals surface area contributed by atoms with Crippen molar-refractivity contribution in [2.45, 2.75) is 10.8 Å². The highest BCUT2D eigenvalue weighted by Gasteiger charge is 2.53. The van der Waals surface area contributed by atoms with E-state index in [1.165, 1.54) is 64.7 Å². The quantitative estimate of drug-likeness (QED) is 0.142. The van der Waals surface area contributed by atoms with Crippen molar-refractivity contribution in [2.75, 3.05) is 0 Å². The zero-order valence-corrected chi connectivity index (χ0v) is 58.3. The molecular weight excluding hydrogens is 1320 g/mol. The first kappa shape index (κ1) is 60.8. The maximum Gasteiger partial charge on any atom is 0.160 e. The van der Waals surface area contributed by atoms with E-state index in [0.717, 1.165) is 135 Å². The van der Waals surface area contributed by atoms with Gasteiger partial charge in [0.25, 0.3) is 0 Å². The number of thiophene rings is 1. The third-order valence-corrected chi connectivity index (χ3v) is 23.4. The van der Waals surface area contributed by atoms with Crippen LogP contribution in [0.2, 0.25) is 0 Å². The van der Waals surface area contributed by atoms with Crippen LogP contribution >= 0.6 is 11.3 Å². The normalized spacial score (nSPS) is 13.3. The minimum atomic E-state index is -0.768. The number of hydrogen-bond acceptors (Lipinski definition) is 8. The Kier molecular flexibility index (Phi) is 13.6. The smallest absolute Gasteiger partial charge is 0.160 e. The molecule has 107 heavy (non-hydrogen) atoms. The molecule has 0 radical (unpaired) electrons. The van der Waals surface area contributed by atoms with Gasteiger partial charge in [-0.3, -0.25) is 4.98 Å². The summed E-state index contributed by atoms with van der Waals surface area (Å²) in [5, 5.41) is 2.49. The molecule has 4 aliphatic rings. The maximum absolute atomic E-state index is 7.20. The second-order valence-corrected chi connectivity index (χ2v) is 29.2. The van der Waals surface area contributed by atoms with Crippen molar-refractivity contribution in [2.24, 2.45) is 0 Å². The number of aromatic nitrogens is 5. The van der Waals surface area contributed by atoms with Crippen LogP contribution in [0, 0.1) is 0 Å². The fourth-order valence-corrected chi connectivity index (χ4v) is 18.7. The van der Waals surface area contributed by atoms with Gasteiger partial charge in [-0.15, -0.1) is 11.3 Å².